The highest BCUT2D eigenvalue weighted by molar-refractivity contribution is 5.85. The molecule has 0 N–H and O–H groups in total. The first-order valence-electron chi connectivity index (χ1n) is 11.8. The molecule has 0 bridgehead atoms. The van der Waals surface area contributed by atoms with Gasteiger partial charge in [0, 0.05) is 5.39 Å². The summed E-state index contributed by atoms with van der Waals surface area (Å²) in [6.45, 7) is 4.50. The van der Waals surface area contributed by atoms with Crippen LogP contribution in [-0.4, -0.2) is 6.61 Å². The van der Waals surface area contributed by atoms with Crippen LogP contribution in [0.2, 0.25) is 0 Å². The molecule has 0 spiro atoms. The topological polar surface area (TPSA) is 9.23 Å². The number of hydrogen-bond donors (Lipinski definition) is 0. The summed E-state index contributed by atoms with van der Waals surface area (Å²) in [5.41, 5.74) is 0.569. The molecule has 1 nitrogen and oxygen atoms in total. The van der Waals surface area contributed by atoms with Gasteiger partial charge in [-0.25, -0.2) is 8.78 Å². The highest BCUT2D eigenvalue weighted by atomic mass is 19.2. The van der Waals surface area contributed by atoms with E-state index in [1.165, 1.54) is 25.7 Å². The minimum absolute atomic E-state index is 0.131. The van der Waals surface area contributed by atoms with Crippen molar-refractivity contribution in [3.8, 4) is 5.75 Å². The SMILES string of the molecule is C/C=C/C1CCC(C2CCC(c3cc4ccc(OCC)cc4c(F)c3F)CC2)CC1. The fourth-order valence-electron chi connectivity index (χ4n) is 5.86. The number of benzene rings is 2. The monoisotopic (exact) mass is 412 g/mol. The van der Waals surface area contributed by atoms with E-state index < -0.39 is 11.6 Å². The molecule has 2 aliphatic carbocycles. The van der Waals surface area contributed by atoms with E-state index in [0.717, 1.165) is 48.8 Å². The number of hydrogen-bond acceptors (Lipinski definition) is 1. The minimum atomic E-state index is -0.728. The molecular formula is C27H34F2O. The highest BCUT2D eigenvalue weighted by Gasteiger charge is 2.32. The van der Waals surface area contributed by atoms with Crippen LogP contribution < -0.4 is 4.74 Å². The van der Waals surface area contributed by atoms with Gasteiger partial charge in [0.1, 0.15) is 5.75 Å². The third-order valence-corrected chi connectivity index (χ3v) is 7.49. The smallest absolute Gasteiger partial charge is 0.167 e. The Balaban J connectivity index is 1.44. The van der Waals surface area contributed by atoms with Crippen LogP contribution >= 0.6 is 0 Å². The summed E-state index contributed by atoms with van der Waals surface area (Å²) >= 11 is 0. The van der Waals surface area contributed by atoms with Gasteiger partial charge in [-0.3, -0.25) is 0 Å². The molecular weight excluding hydrogens is 378 g/mol. The number of allylic oxidation sites excluding steroid dienone is 2. The van der Waals surface area contributed by atoms with Gasteiger partial charge in [-0.2, -0.15) is 0 Å². The van der Waals surface area contributed by atoms with E-state index in [4.69, 9.17) is 4.74 Å². The molecule has 0 atom stereocenters. The van der Waals surface area contributed by atoms with Gasteiger partial charge in [0.05, 0.1) is 6.61 Å². The fraction of sp³-hybridized carbons (Fsp3) is 0.556. The molecule has 2 aliphatic rings. The lowest BCUT2D eigenvalue weighted by Gasteiger charge is -2.37. The second-order valence-electron chi connectivity index (χ2n) is 9.22. The van der Waals surface area contributed by atoms with Gasteiger partial charge < -0.3 is 4.74 Å². The fourth-order valence-corrected chi connectivity index (χ4v) is 5.86. The zero-order valence-electron chi connectivity index (χ0n) is 18.3. The van der Waals surface area contributed by atoms with E-state index in [2.05, 4.69) is 19.1 Å². The van der Waals surface area contributed by atoms with E-state index in [1.807, 2.05) is 25.1 Å². The van der Waals surface area contributed by atoms with E-state index in [1.54, 1.807) is 6.07 Å². The molecule has 4 rings (SSSR count). The minimum Gasteiger partial charge on any atom is -0.494 e. The maximum absolute atomic E-state index is 15.0. The lowest BCUT2D eigenvalue weighted by atomic mass is 9.68. The quantitative estimate of drug-likeness (QED) is 0.450. The predicted octanol–water partition coefficient (Wildman–Crippen LogP) is 8.17. The predicted molar refractivity (Wildman–Crippen MR) is 120 cm³/mol. The molecule has 0 heterocycles. The maximum Gasteiger partial charge on any atom is 0.167 e. The summed E-state index contributed by atoms with van der Waals surface area (Å²) in [6.07, 6.45) is 14.0. The zero-order valence-corrected chi connectivity index (χ0v) is 18.3. The normalized spacial score (nSPS) is 27.6. The van der Waals surface area contributed by atoms with Crippen LogP contribution in [0.4, 0.5) is 8.78 Å². The third-order valence-electron chi connectivity index (χ3n) is 7.49. The number of halogens is 2. The van der Waals surface area contributed by atoms with Gasteiger partial charge >= 0.3 is 0 Å². The van der Waals surface area contributed by atoms with Gasteiger partial charge in [0.15, 0.2) is 11.6 Å². The Morgan fingerprint density at radius 2 is 1.57 bits per heavy atom. The summed E-state index contributed by atoms with van der Waals surface area (Å²) in [7, 11) is 0. The second kappa shape index (κ2) is 9.49. The standard InChI is InChI=1S/C27H34F2O/c1-3-5-18-6-8-19(9-7-18)20-10-12-21(13-11-20)24-16-22-14-15-23(30-4-2)17-25(22)27(29)26(24)28/h3,5,14-21H,4,6-13H2,1-2H3/b5-3+. The zero-order chi connectivity index (χ0) is 21.1. The molecule has 0 saturated heterocycles. The van der Waals surface area contributed by atoms with Crippen molar-refractivity contribution in [3.05, 3.63) is 53.6 Å². The average Bonchev–Trinajstić information content (AvgIpc) is 2.78. The van der Waals surface area contributed by atoms with Crippen molar-refractivity contribution in [1.29, 1.82) is 0 Å². The van der Waals surface area contributed by atoms with Crippen LogP contribution in [-0.2, 0) is 0 Å². The molecule has 2 aromatic carbocycles. The molecule has 2 saturated carbocycles. The van der Waals surface area contributed by atoms with Crippen LogP contribution in [0.3, 0.4) is 0 Å². The van der Waals surface area contributed by atoms with Crippen molar-refractivity contribution in [2.45, 2.75) is 71.1 Å². The Morgan fingerprint density at radius 3 is 2.20 bits per heavy atom. The summed E-state index contributed by atoms with van der Waals surface area (Å²) in [5.74, 6) is 1.67. The van der Waals surface area contributed by atoms with Crippen LogP contribution in [0.25, 0.3) is 10.8 Å². The van der Waals surface area contributed by atoms with E-state index in [0.29, 0.717) is 23.3 Å². The summed E-state index contributed by atoms with van der Waals surface area (Å²) in [5, 5.41) is 1.07. The van der Waals surface area contributed by atoms with Crippen LogP contribution in [0.1, 0.15) is 76.7 Å². The van der Waals surface area contributed by atoms with Crippen molar-refractivity contribution in [1.82, 2.24) is 0 Å². The second-order valence-corrected chi connectivity index (χ2v) is 9.22. The average molecular weight is 413 g/mol. The molecule has 2 aromatic rings. The highest BCUT2D eigenvalue weighted by Crippen LogP contribution is 2.45. The number of fused-ring (bicyclic) bond motifs is 1. The summed E-state index contributed by atoms with van der Waals surface area (Å²) in [6, 6.07) is 7.17. The van der Waals surface area contributed by atoms with Gasteiger partial charge in [0.2, 0.25) is 0 Å². The van der Waals surface area contributed by atoms with Gasteiger partial charge in [0.25, 0.3) is 0 Å². The first-order chi connectivity index (χ1) is 14.6. The Labute approximate surface area is 179 Å². The van der Waals surface area contributed by atoms with Gasteiger partial charge in [-0.1, -0.05) is 18.2 Å². The Kier molecular flexibility index (Phi) is 6.75. The first-order valence-corrected chi connectivity index (χ1v) is 11.8. The lowest BCUT2D eigenvalue weighted by Crippen LogP contribution is -2.25. The third kappa shape index (κ3) is 4.40. The van der Waals surface area contributed by atoms with Crippen molar-refractivity contribution in [2.75, 3.05) is 6.61 Å². The van der Waals surface area contributed by atoms with Crippen molar-refractivity contribution in [3.63, 3.8) is 0 Å². The summed E-state index contributed by atoms with van der Waals surface area (Å²) in [4.78, 5) is 0. The van der Waals surface area contributed by atoms with E-state index >= 15 is 0 Å². The van der Waals surface area contributed by atoms with Crippen molar-refractivity contribution in [2.24, 2.45) is 17.8 Å². The molecule has 0 amide bonds. The first kappa shape index (κ1) is 21.3. The molecule has 0 unspecified atom stereocenters. The molecule has 0 radical (unpaired) electrons. The number of ether oxygens (including phenoxy) is 1. The Bertz CT molecular complexity index is 887. The van der Waals surface area contributed by atoms with Gasteiger partial charge in [-0.15, -0.1) is 0 Å². The van der Waals surface area contributed by atoms with Crippen molar-refractivity contribution < 1.29 is 13.5 Å². The molecule has 3 heteroatoms. The number of rotatable bonds is 5. The molecule has 0 aliphatic heterocycles. The van der Waals surface area contributed by atoms with Gasteiger partial charge in [-0.05, 0) is 118 Å². The maximum atomic E-state index is 15.0. The summed E-state index contributed by atoms with van der Waals surface area (Å²) < 4.78 is 35.3. The molecule has 2 fully saturated rings. The molecule has 162 valence electrons. The van der Waals surface area contributed by atoms with E-state index in [-0.39, 0.29) is 5.92 Å². The lowest BCUT2D eigenvalue weighted by molar-refractivity contribution is 0.170. The van der Waals surface area contributed by atoms with E-state index in [9.17, 15) is 8.78 Å². The van der Waals surface area contributed by atoms with Crippen LogP contribution in [0.15, 0.2) is 36.4 Å². The van der Waals surface area contributed by atoms with Crippen LogP contribution in [0.5, 0.6) is 5.75 Å². The Morgan fingerprint density at radius 1 is 0.900 bits per heavy atom. The molecule has 30 heavy (non-hydrogen) atoms. The molecule has 0 aromatic heterocycles. The van der Waals surface area contributed by atoms with Crippen LogP contribution in [0, 0.1) is 29.4 Å². The van der Waals surface area contributed by atoms with Crippen molar-refractivity contribution >= 4 is 10.8 Å². The largest absolute Gasteiger partial charge is 0.494 e. The Hall–Kier alpha value is -1.90.